The normalized spacial score (nSPS) is 40.5. The highest BCUT2D eigenvalue weighted by atomic mass is 32.2. The van der Waals surface area contributed by atoms with Crippen LogP contribution in [0, 0.1) is 5.92 Å². The van der Waals surface area contributed by atoms with E-state index in [4.69, 9.17) is 0 Å². The van der Waals surface area contributed by atoms with Gasteiger partial charge in [-0.3, -0.25) is 9.59 Å². The minimum atomic E-state index is -0.653. The molecule has 4 atom stereocenters. The molecule has 0 bridgehead atoms. The second kappa shape index (κ2) is 5.49. The zero-order chi connectivity index (χ0) is 15.2. The first-order valence-electron chi connectivity index (χ1n) is 8.23. The van der Waals surface area contributed by atoms with Crippen LogP contribution < -0.4 is 5.32 Å². The van der Waals surface area contributed by atoms with E-state index < -0.39 is 5.54 Å². The van der Waals surface area contributed by atoms with E-state index in [9.17, 15) is 9.59 Å². The Labute approximate surface area is 131 Å². The molecular weight excluding hydrogens is 284 g/mol. The lowest BCUT2D eigenvalue weighted by Gasteiger charge is -2.46. The van der Waals surface area contributed by atoms with Crippen LogP contribution in [0.15, 0.2) is 0 Å². The second-order valence-electron chi connectivity index (χ2n) is 6.90. The summed E-state index contributed by atoms with van der Waals surface area (Å²) in [7, 11) is 0. The lowest BCUT2D eigenvalue weighted by Crippen LogP contribution is -2.71. The van der Waals surface area contributed by atoms with Crippen molar-refractivity contribution in [3.05, 3.63) is 0 Å². The fraction of sp³-hybridized carbons (Fsp3) is 0.875. The Kier molecular flexibility index (Phi) is 3.97. The van der Waals surface area contributed by atoms with Crippen molar-refractivity contribution < 1.29 is 9.59 Å². The molecule has 1 aliphatic heterocycles. The van der Waals surface area contributed by atoms with Crippen molar-refractivity contribution in [2.45, 2.75) is 75.7 Å². The van der Waals surface area contributed by atoms with Crippen LogP contribution in [0.5, 0.6) is 0 Å². The summed E-state index contributed by atoms with van der Waals surface area (Å²) in [6.07, 6.45) is 5.37. The Morgan fingerprint density at radius 1 is 1.29 bits per heavy atom. The number of hydrogen-bond acceptors (Lipinski definition) is 3. The summed E-state index contributed by atoms with van der Waals surface area (Å²) in [5, 5.41) is 3.66. The average molecular weight is 310 g/mol. The molecule has 3 rings (SSSR count). The minimum absolute atomic E-state index is 0.0237. The number of hydrogen-bond donors (Lipinski definition) is 1. The SMILES string of the molecule is CCSC1CCC(N2C(=O)C(C)(C3CC3)NC(=O)C2C)C1. The Morgan fingerprint density at radius 3 is 2.62 bits per heavy atom. The lowest BCUT2D eigenvalue weighted by atomic mass is 9.88. The highest BCUT2D eigenvalue weighted by molar-refractivity contribution is 7.99. The number of rotatable bonds is 4. The van der Waals surface area contributed by atoms with Gasteiger partial charge in [0, 0.05) is 11.3 Å². The van der Waals surface area contributed by atoms with Crippen molar-refractivity contribution in [1.82, 2.24) is 10.2 Å². The summed E-state index contributed by atoms with van der Waals surface area (Å²) in [5.74, 6) is 1.65. The van der Waals surface area contributed by atoms with Crippen molar-refractivity contribution in [1.29, 1.82) is 0 Å². The van der Waals surface area contributed by atoms with Crippen LogP contribution >= 0.6 is 11.8 Å². The van der Waals surface area contributed by atoms with Crippen molar-refractivity contribution in [3.8, 4) is 0 Å². The topological polar surface area (TPSA) is 49.4 Å². The van der Waals surface area contributed by atoms with Gasteiger partial charge in [-0.2, -0.15) is 11.8 Å². The second-order valence-corrected chi connectivity index (χ2v) is 8.48. The minimum Gasteiger partial charge on any atom is -0.340 e. The standard InChI is InChI=1S/C16H26N2O2S/c1-4-21-13-8-7-12(9-13)18-10(2)14(19)17-16(3,15(18)20)11-5-6-11/h10-13H,4-9H2,1-3H3,(H,17,19). The Bertz CT molecular complexity index is 452. The monoisotopic (exact) mass is 310 g/mol. The third kappa shape index (κ3) is 2.58. The molecule has 2 amide bonds. The van der Waals surface area contributed by atoms with E-state index in [0.717, 1.165) is 31.4 Å². The molecule has 2 aliphatic carbocycles. The molecule has 0 aromatic carbocycles. The van der Waals surface area contributed by atoms with Gasteiger partial charge >= 0.3 is 0 Å². The van der Waals surface area contributed by atoms with Gasteiger partial charge in [-0.15, -0.1) is 0 Å². The highest BCUT2D eigenvalue weighted by Gasteiger charge is 2.56. The van der Waals surface area contributed by atoms with Gasteiger partial charge in [0.25, 0.3) is 0 Å². The number of nitrogens with zero attached hydrogens (tertiary/aromatic N) is 1. The quantitative estimate of drug-likeness (QED) is 0.866. The third-order valence-corrected chi connectivity index (χ3v) is 6.64. The van der Waals surface area contributed by atoms with Crippen LogP contribution in [0.3, 0.4) is 0 Å². The van der Waals surface area contributed by atoms with Gasteiger partial charge in [-0.1, -0.05) is 6.92 Å². The summed E-state index contributed by atoms with van der Waals surface area (Å²) in [4.78, 5) is 27.3. The number of carbonyl (C=O) groups is 2. The van der Waals surface area contributed by atoms with E-state index >= 15 is 0 Å². The molecule has 0 spiro atoms. The van der Waals surface area contributed by atoms with E-state index in [1.165, 1.54) is 6.42 Å². The van der Waals surface area contributed by atoms with Crippen molar-refractivity contribution in [3.63, 3.8) is 0 Å². The number of carbonyl (C=O) groups excluding carboxylic acids is 2. The highest BCUT2D eigenvalue weighted by Crippen LogP contribution is 2.44. The zero-order valence-corrected chi connectivity index (χ0v) is 14.0. The van der Waals surface area contributed by atoms with Gasteiger partial charge in [-0.25, -0.2) is 0 Å². The van der Waals surface area contributed by atoms with E-state index in [0.29, 0.717) is 11.2 Å². The lowest BCUT2D eigenvalue weighted by molar-refractivity contribution is -0.157. The molecule has 1 saturated heterocycles. The largest absolute Gasteiger partial charge is 0.340 e. The predicted molar refractivity (Wildman–Crippen MR) is 85.1 cm³/mol. The van der Waals surface area contributed by atoms with E-state index in [1.54, 1.807) is 0 Å². The number of piperazine rings is 1. The van der Waals surface area contributed by atoms with Crippen molar-refractivity contribution >= 4 is 23.6 Å². The van der Waals surface area contributed by atoms with E-state index in [1.807, 2.05) is 30.5 Å². The maximum atomic E-state index is 13.0. The molecule has 3 aliphatic rings. The maximum Gasteiger partial charge on any atom is 0.249 e. The Morgan fingerprint density at radius 2 is 2.00 bits per heavy atom. The summed E-state index contributed by atoms with van der Waals surface area (Å²) in [5.41, 5.74) is -0.653. The molecule has 0 radical (unpaired) electrons. The maximum absolute atomic E-state index is 13.0. The van der Waals surface area contributed by atoms with E-state index in [-0.39, 0.29) is 23.9 Å². The predicted octanol–water partition coefficient (Wildman–Crippen LogP) is 2.18. The smallest absolute Gasteiger partial charge is 0.249 e. The van der Waals surface area contributed by atoms with Crippen molar-refractivity contribution in [2.75, 3.05) is 5.75 Å². The van der Waals surface area contributed by atoms with Gasteiger partial charge in [0.15, 0.2) is 0 Å². The molecule has 118 valence electrons. The first-order valence-corrected chi connectivity index (χ1v) is 9.28. The van der Waals surface area contributed by atoms with Gasteiger partial charge in [-0.05, 0) is 57.6 Å². The molecule has 0 aromatic rings. The molecule has 4 nitrogen and oxygen atoms in total. The van der Waals surface area contributed by atoms with Crippen LogP contribution in [-0.4, -0.2) is 45.3 Å². The molecule has 5 heteroatoms. The molecule has 2 saturated carbocycles. The fourth-order valence-electron chi connectivity index (χ4n) is 3.96. The first-order chi connectivity index (χ1) is 9.97. The van der Waals surface area contributed by atoms with Crippen LogP contribution in [-0.2, 0) is 9.59 Å². The van der Waals surface area contributed by atoms with Crippen LogP contribution in [0.25, 0.3) is 0 Å². The third-order valence-electron chi connectivity index (χ3n) is 5.40. The van der Waals surface area contributed by atoms with Gasteiger partial charge in [0.1, 0.15) is 11.6 Å². The average Bonchev–Trinajstić information content (AvgIpc) is 3.20. The van der Waals surface area contributed by atoms with Gasteiger partial charge in [0.05, 0.1) is 0 Å². The van der Waals surface area contributed by atoms with Crippen molar-refractivity contribution in [2.24, 2.45) is 5.92 Å². The summed E-state index contributed by atoms with van der Waals surface area (Å²) in [6.45, 7) is 5.99. The zero-order valence-electron chi connectivity index (χ0n) is 13.2. The Balaban J connectivity index is 1.79. The van der Waals surface area contributed by atoms with Gasteiger partial charge < -0.3 is 10.2 Å². The fourth-order valence-corrected chi connectivity index (χ4v) is 5.09. The molecular formula is C16H26N2O2S. The number of thioether (sulfide) groups is 1. The molecule has 4 unspecified atom stereocenters. The molecule has 3 fully saturated rings. The number of nitrogens with one attached hydrogen (secondary N) is 1. The summed E-state index contributed by atoms with van der Waals surface area (Å²) >= 11 is 1.99. The van der Waals surface area contributed by atoms with E-state index in [2.05, 4.69) is 12.2 Å². The molecule has 1 N–H and O–H groups in total. The summed E-state index contributed by atoms with van der Waals surface area (Å²) in [6, 6.07) is -0.0691. The molecule has 0 aromatic heterocycles. The number of amides is 2. The van der Waals surface area contributed by atoms with Crippen LogP contribution in [0.4, 0.5) is 0 Å². The van der Waals surface area contributed by atoms with Gasteiger partial charge in [0.2, 0.25) is 11.8 Å². The van der Waals surface area contributed by atoms with Crippen LogP contribution in [0.1, 0.15) is 52.9 Å². The summed E-state index contributed by atoms with van der Waals surface area (Å²) < 4.78 is 0. The molecule has 1 heterocycles. The first kappa shape index (κ1) is 15.2. The Hall–Kier alpha value is -0.710. The molecule has 21 heavy (non-hydrogen) atoms. The van der Waals surface area contributed by atoms with Crippen LogP contribution in [0.2, 0.25) is 0 Å².